The summed E-state index contributed by atoms with van der Waals surface area (Å²) in [6, 6.07) is 7.23. The molecule has 5 heteroatoms. The summed E-state index contributed by atoms with van der Waals surface area (Å²) in [4.78, 5) is 15.4. The number of halogens is 1. The molecule has 4 nitrogen and oxygen atoms in total. The average molecular weight is 251 g/mol. The van der Waals surface area contributed by atoms with Gasteiger partial charge < -0.3 is 4.52 Å². The molecule has 0 radical (unpaired) electrons. The second-order valence-electron chi connectivity index (χ2n) is 3.56. The summed E-state index contributed by atoms with van der Waals surface area (Å²) in [5, 5.41) is 4.37. The number of nitrogens with zero attached hydrogens (tertiary/aromatic N) is 2. The molecule has 0 fully saturated rings. The lowest BCUT2D eigenvalue weighted by Gasteiger charge is -1.95. The molecule has 0 spiro atoms. The molecule has 17 heavy (non-hydrogen) atoms. The molecular formula is C12H11ClN2O2. The van der Waals surface area contributed by atoms with Crippen molar-refractivity contribution >= 4 is 17.4 Å². The Balaban J connectivity index is 2.24. The van der Waals surface area contributed by atoms with Crippen molar-refractivity contribution in [3.63, 3.8) is 0 Å². The van der Waals surface area contributed by atoms with Gasteiger partial charge >= 0.3 is 0 Å². The number of rotatable bonds is 4. The van der Waals surface area contributed by atoms with Crippen LogP contribution in [0.2, 0.25) is 5.02 Å². The van der Waals surface area contributed by atoms with Crippen molar-refractivity contribution in [2.45, 2.75) is 19.8 Å². The summed E-state index contributed by atoms with van der Waals surface area (Å²) in [5.41, 5.74) is 0.702. The van der Waals surface area contributed by atoms with Gasteiger partial charge in [-0.05, 0) is 12.1 Å². The molecule has 0 atom stereocenters. The Labute approximate surface area is 104 Å². The third-order valence-corrected chi connectivity index (χ3v) is 2.66. The zero-order valence-electron chi connectivity index (χ0n) is 9.31. The van der Waals surface area contributed by atoms with Crippen molar-refractivity contribution in [2.24, 2.45) is 0 Å². The molecule has 0 saturated carbocycles. The molecule has 2 aromatic rings. The van der Waals surface area contributed by atoms with Gasteiger partial charge in [0, 0.05) is 12.0 Å². The van der Waals surface area contributed by atoms with E-state index in [-0.39, 0.29) is 12.2 Å². The summed E-state index contributed by atoms with van der Waals surface area (Å²) in [7, 11) is 0. The molecule has 0 N–H and O–H groups in total. The molecule has 0 amide bonds. The molecule has 0 unspecified atom stereocenters. The van der Waals surface area contributed by atoms with Crippen LogP contribution in [0.1, 0.15) is 19.2 Å². The van der Waals surface area contributed by atoms with Crippen LogP contribution in [0, 0.1) is 0 Å². The van der Waals surface area contributed by atoms with E-state index in [9.17, 15) is 4.79 Å². The summed E-state index contributed by atoms with van der Waals surface area (Å²) in [5.74, 6) is 0.806. The van der Waals surface area contributed by atoms with Crippen LogP contribution in [0.5, 0.6) is 0 Å². The lowest BCUT2D eigenvalue weighted by Crippen LogP contribution is -2.00. The molecule has 2 rings (SSSR count). The van der Waals surface area contributed by atoms with Gasteiger partial charge in [-0.25, -0.2) is 0 Å². The van der Waals surface area contributed by atoms with Crippen LogP contribution < -0.4 is 0 Å². The summed E-state index contributed by atoms with van der Waals surface area (Å²) < 4.78 is 5.01. The van der Waals surface area contributed by atoms with Crippen molar-refractivity contribution in [1.29, 1.82) is 0 Å². The average Bonchev–Trinajstić information content (AvgIpc) is 2.78. The standard InChI is InChI=1S/C12H11ClN2O2/c1-2-8(16)7-11-14-12(15-17-11)9-5-3-4-6-10(9)13/h3-6H,2,7H2,1H3. The van der Waals surface area contributed by atoms with Crippen LogP contribution >= 0.6 is 11.6 Å². The minimum absolute atomic E-state index is 0.0689. The smallest absolute Gasteiger partial charge is 0.234 e. The predicted molar refractivity (Wildman–Crippen MR) is 63.7 cm³/mol. The Kier molecular flexibility index (Phi) is 3.54. The lowest BCUT2D eigenvalue weighted by molar-refractivity contribution is -0.118. The highest BCUT2D eigenvalue weighted by atomic mass is 35.5. The van der Waals surface area contributed by atoms with Crippen molar-refractivity contribution in [1.82, 2.24) is 10.1 Å². The second kappa shape index (κ2) is 5.10. The van der Waals surface area contributed by atoms with Crippen LogP contribution in [0.3, 0.4) is 0 Å². The third kappa shape index (κ3) is 2.71. The molecule has 0 aliphatic rings. The van der Waals surface area contributed by atoms with Crippen molar-refractivity contribution < 1.29 is 9.32 Å². The van der Waals surface area contributed by atoms with Crippen LogP contribution in [0.15, 0.2) is 28.8 Å². The van der Waals surface area contributed by atoms with Crippen molar-refractivity contribution in [3.8, 4) is 11.4 Å². The Hall–Kier alpha value is -1.68. The van der Waals surface area contributed by atoms with E-state index in [0.717, 1.165) is 0 Å². The fraction of sp³-hybridized carbons (Fsp3) is 0.250. The first-order valence-corrected chi connectivity index (χ1v) is 5.67. The van der Waals surface area contributed by atoms with E-state index in [1.165, 1.54) is 0 Å². The molecule has 0 aliphatic carbocycles. The van der Waals surface area contributed by atoms with Gasteiger partial charge in [-0.3, -0.25) is 4.79 Å². The molecule has 0 saturated heterocycles. The fourth-order valence-corrected chi connectivity index (χ4v) is 1.59. The maximum Gasteiger partial charge on any atom is 0.234 e. The molecule has 0 bridgehead atoms. The number of benzene rings is 1. The van der Waals surface area contributed by atoms with Gasteiger partial charge in [0.1, 0.15) is 5.78 Å². The highest BCUT2D eigenvalue weighted by molar-refractivity contribution is 6.33. The third-order valence-electron chi connectivity index (χ3n) is 2.33. The largest absolute Gasteiger partial charge is 0.338 e. The highest BCUT2D eigenvalue weighted by Gasteiger charge is 2.13. The first-order valence-electron chi connectivity index (χ1n) is 5.30. The maximum atomic E-state index is 11.2. The number of aromatic nitrogens is 2. The van der Waals surface area contributed by atoms with E-state index in [4.69, 9.17) is 16.1 Å². The van der Waals surface area contributed by atoms with E-state index in [2.05, 4.69) is 10.1 Å². The number of carbonyl (C=O) groups excluding carboxylic acids is 1. The van der Waals surface area contributed by atoms with E-state index in [1.54, 1.807) is 19.1 Å². The molecule has 0 aliphatic heterocycles. The van der Waals surface area contributed by atoms with E-state index >= 15 is 0 Å². The van der Waals surface area contributed by atoms with Gasteiger partial charge in [0.05, 0.1) is 11.4 Å². The zero-order valence-corrected chi connectivity index (χ0v) is 10.1. The normalized spacial score (nSPS) is 10.5. The summed E-state index contributed by atoms with van der Waals surface area (Å²) in [6.07, 6.45) is 0.637. The topological polar surface area (TPSA) is 56.0 Å². The number of hydrogen-bond acceptors (Lipinski definition) is 4. The minimum Gasteiger partial charge on any atom is -0.338 e. The van der Waals surface area contributed by atoms with Gasteiger partial charge in [-0.2, -0.15) is 4.98 Å². The molecular weight excluding hydrogens is 240 g/mol. The van der Waals surface area contributed by atoms with Crippen molar-refractivity contribution in [3.05, 3.63) is 35.2 Å². The first-order chi connectivity index (χ1) is 8.20. The summed E-state index contributed by atoms with van der Waals surface area (Å²) in [6.45, 7) is 1.80. The van der Waals surface area contributed by atoms with E-state index < -0.39 is 0 Å². The first kappa shape index (κ1) is 11.8. The van der Waals surface area contributed by atoms with Crippen LogP contribution in [-0.2, 0) is 11.2 Å². The predicted octanol–water partition coefficient (Wildman–Crippen LogP) is 2.91. The summed E-state index contributed by atoms with van der Waals surface area (Å²) >= 11 is 6.01. The SMILES string of the molecule is CCC(=O)Cc1nc(-c2ccccc2Cl)no1. The van der Waals surface area contributed by atoms with Crippen molar-refractivity contribution in [2.75, 3.05) is 0 Å². The monoisotopic (exact) mass is 250 g/mol. The number of hydrogen-bond donors (Lipinski definition) is 0. The maximum absolute atomic E-state index is 11.2. The van der Waals surface area contributed by atoms with Gasteiger partial charge in [-0.1, -0.05) is 35.8 Å². The Bertz CT molecular complexity index is 537. The Morgan fingerprint density at radius 3 is 2.88 bits per heavy atom. The van der Waals surface area contributed by atoms with Gasteiger partial charge in [-0.15, -0.1) is 0 Å². The second-order valence-corrected chi connectivity index (χ2v) is 3.97. The number of Topliss-reactive ketones (excluding diaryl/α,β-unsaturated/α-hetero) is 1. The van der Waals surface area contributed by atoms with Crippen LogP contribution in [-0.4, -0.2) is 15.9 Å². The van der Waals surface area contributed by atoms with Crippen LogP contribution in [0.4, 0.5) is 0 Å². The molecule has 1 aromatic heterocycles. The Morgan fingerprint density at radius 2 is 2.18 bits per heavy atom. The van der Waals surface area contributed by atoms with E-state index in [1.807, 2.05) is 12.1 Å². The Morgan fingerprint density at radius 1 is 1.41 bits per heavy atom. The van der Waals surface area contributed by atoms with Gasteiger partial charge in [0.2, 0.25) is 11.7 Å². The minimum atomic E-state index is 0.0689. The van der Waals surface area contributed by atoms with Gasteiger partial charge in [0.15, 0.2) is 0 Å². The number of carbonyl (C=O) groups is 1. The fourth-order valence-electron chi connectivity index (χ4n) is 1.37. The van der Waals surface area contributed by atoms with E-state index in [0.29, 0.717) is 28.7 Å². The highest BCUT2D eigenvalue weighted by Crippen LogP contribution is 2.24. The van der Waals surface area contributed by atoms with Crippen LogP contribution in [0.25, 0.3) is 11.4 Å². The molecule has 88 valence electrons. The molecule has 1 aromatic carbocycles. The van der Waals surface area contributed by atoms with Gasteiger partial charge in [0.25, 0.3) is 0 Å². The number of ketones is 1. The molecule has 1 heterocycles. The zero-order chi connectivity index (χ0) is 12.3. The lowest BCUT2D eigenvalue weighted by atomic mass is 10.2. The quantitative estimate of drug-likeness (QED) is 0.837.